The summed E-state index contributed by atoms with van der Waals surface area (Å²) in [6, 6.07) is 10.3. The van der Waals surface area contributed by atoms with Crippen LogP contribution in [0, 0.1) is 38.5 Å². The summed E-state index contributed by atoms with van der Waals surface area (Å²) in [6.07, 6.45) is 1.69. The van der Waals surface area contributed by atoms with Crippen LogP contribution in [0.15, 0.2) is 30.3 Å². The zero-order valence-electron chi connectivity index (χ0n) is 21.1. The van der Waals surface area contributed by atoms with Gasteiger partial charge >= 0.3 is 0 Å². The molecule has 6 nitrogen and oxygen atoms in total. The molecule has 0 radical (unpaired) electrons. The Kier molecular flexibility index (Phi) is 7.28. The van der Waals surface area contributed by atoms with E-state index in [2.05, 4.69) is 48.0 Å². The molecule has 0 saturated carbocycles. The molecule has 1 aromatic heterocycles. The number of likely N-dealkylation sites (tertiary alicyclic amines) is 2. The van der Waals surface area contributed by atoms with Gasteiger partial charge in [-0.05, 0) is 56.6 Å². The van der Waals surface area contributed by atoms with Gasteiger partial charge in [0.05, 0.1) is 24.1 Å². The molecule has 4 atom stereocenters. The van der Waals surface area contributed by atoms with Crippen LogP contribution >= 0.6 is 11.3 Å². The van der Waals surface area contributed by atoms with Gasteiger partial charge < -0.3 is 19.9 Å². The van der Waals surface area contributed by atoms with E-state index in [0.717, 1.165) is 67.1 Å². The highest BCUT2D eigenvalue weighted by Crippen LogP contribution is 2.35. The Bertz CT molecular complexity index is 1050. The fourth-order valence-corrected chi connectivity index (χ4v) is 7.11. The van der Waals surface area contributed by atoms with E-state index in [9.17, 15) is 9.59 Å². The molecule has 0 spiro atoms. The van der Waals surface area contributed by atoms with E-state index in [1.807, 2.05) is 18.2 Å². The maximum absolute atomic E-state index is 13.3. The van der Waals surface area contributed by atoms with Gasteiger partial charge in [0, 0.05) is 49.1 Å². The highest BCUT2D eigenvalue weighted by atomic mass is 32.1. The zero-order valence-corrected chi connectivity index (χ0v) is 21.9. The summed E-state index contributed by atoms with van der Waals surface area (Å²) in [4.78, 5) is 33.1. The lowest BCUT2D eigenvalue weighted by molar-refractivity contribution is -0.125. The van der Waals surface area contributed by atoms with Crippen LogP contribution in [0.2, 0.25) is 0 Å². The molecule has 1 N–H and O–H groups in total. The molecule has 3 saturated heterocycles. The SMILES string of the molecule is Cc1sc(C)c(C(=O)N2CC3CN(CC[C@H](NC(=O)C4CCOC4)c4ccccc4)C[C@H]3C2)c1C. The predicted octanol–water partition coefficient (Wildman–Crippen LogP) is 3.96. The largest absolute Gasteiger partial charge is 0.381 e. The number of thiophene rings is 1. The number of fused-ring (bicyclic) bond motifs is 1. The third kappa shape index (κ3) is 5.18. The first-order chi connectivity index (χ1) is 16.9. The van der Waals surface area contributed by atoms with Crippen molar-refractivity contribution in [3.63, 3.8) is 0 Å². The number of carbonyl (C=O) groups excluding carboxylic acids is 2. The van der Waals surface area contributed by atoms with Crippen molar-refractivity contribution in [3.8, 4) is 0 Å². The number of amides is 2. The standard InChI is InChI=1S/C28H37N3O3S/c1-18-19(2)35-20(3)26(18)28(33)31-15-23-13-30(14-24(23)16-31)11-9-25(21-7-5-4-6-8-21)29-27(32)22-10-12-34-17-22/h4-8,22-25H,9-17H2,1-3H3,(H,29,32)/t22?,23-,24?,25-/m0/s1. The Labute approximate surface area is 212 Å². The summed E-state index contributed by atoms with van der Waals surface area (Å²) in [7, 11) is 0. The van der Waals surface area contributed by atoms with Crippen LogP contribution in [-0.2, 0) is 9.53 Å². The van der Waals surface area contributed by atoms with Crippen LogP contribution in [0.4, 0.5) is 0 Å². The van der Waals surface area contributed by atoms with Crippen LogP contribution < -0.4 is 5.32 Å². The molecule has 35 heavy (non-hydrogen) atoms. The lowest BCUT2D eigenvalue weighted by Gasteiger charge is -2.25. The van der Waals surface area contributed by atoms with Gasteiger partial charge in [0.2, 0.25) is 5.91 Å². The average Bonchev–Trinajstić information content (AvgIpc) is 3.62. The molecule has 0 aliphatic carbocycles. The third-order valence-corrected chi connectivity index (χ3v) is 9.30. The molecule has 2 unspecified atom stereocenters. The summed E-state index contributed by atoms with van der Waals surface area (Å²) >= 11 is 1.73. The van der Waals surface area contributed by atoms with Gasteiger partial charge in [0.1, 0.15) is 0 Å². The van der Waals surface area contributed by atoms with Crippen molar-refractivity contribution in [3.05, 3.63) is 56.8 Å². The Morgan fingerprint density at radius 1 is 1.06 bits per heavy atom. The van der Waals surface area contributed by atoms with E-state index in [4.69, 9.17) is 4.74 Å². The number of nitrogens with one attached hydrogen (secondary N) is 1. The topological polar surface area (TPSA) is 61.9 Å². The summed E-state index contributed by atoms with van der Waals surface area (Å²) in [6.45, 7) is 12.2. The lowest BCUT2D eigenvalue weighted by Crippen LogP contribution is -2.37. The number of rotatable bonds is 7. The second-order valence-corrected chi connectivity index (χ2v) is 12.0. The second-order valence-electron chi connectivity index (χ2n) is 10.5. The van der Waals surface area contributed by atoms with E-state index in [0.29, 0.717) is 25.0 Å². The van der Waals surface area contributed by atoms with E-state index < -0.39 is 0 Å². The predicted molar refractivity (Wildman–Crippen MR) is 139 cm³/mol. The van der Waals surface area contributed by atoms with Crippen LogP contribution in [0.25, 0.3) is 0 Å². The van der Waals surface area contributed by atoms with Crippen molar-refractivity contribution in [2.24, 2.45) is 17.8 Å². The van der Waals surface area contributed by atoms with Gasteiger partial charge in [0.25, 0.3) is 5.91 Å². The first kappa shape index (κ1) is 24.5. The van der Waals surface area contributed by atoms with E-state index in [1.54, 1.807) is 11.3 Å². The number of aryl methyl sites for hydroxylation is 2. The number of nitrogens with zero attached hydrogens (tertiary/aromatic N) is 2. The van der Waals surface area contributed by atoms with Crippen molar-refractivity contribution in [1.29, 1.82) is 0 Å². The maximum atomic E-state index is 13.3. The molecule has 1 aromatic carbocycles. The molecule has 3 fully saturated rings. The first-order valence-electron chi connectivity index (χ1n) is 12.9. The third-order valence-electron chi connectivity index (χ3n) is 8.18. The molecule has 7 heteroatoms. The molecule has 0 bridgehead atoms. The van der Waals surface area contributed by atoms with Crippen LogP contribution in [0.3, 0.4) is 0 Å². The minimum atomic E-state index is -0.0323. The molecule has 4 heterocycles. The second kappa shape index (κ2) is 10.4. The van der Waals surface area contributed by atoms with Crippen molar-refractivity contribution in [1.82, 2.24) is 15.1 Å². The van der Waals surface area contributed by atoms with Crippen molar-refractivity contribution in [2.75, 3.05) is 45.9 Å². The molecule has 3 aliphatic heterocycles. The summed E-state index contributed by atoms with van der Waals surface area (Å²) < 4.78 is 5.42. The van der Waals surface area contributed by atoms with Gasteiger partial charge in [-0.1, -0.05) is 30.3 Å². The Balaban J connectivity index is 1.17. The monoisotopic (exact) mass is 495 g/mol. The number of ether oxygens (including phenoxy) is 1. The Hall–Kier alpha value is -2.22. The van der Waals surface area contributed by atoms with Crippen LogP contribution in [-0.4, -0.2) is 67.6 Å². The van der Waals surface area contributed by atoms with Crippen molar-refractivity contribution < 1.29 is 14.3 Å². The van der Waals surface area contributed by atoms with Crippen LogP contribution in [0.5, 0.6) is 0 Å². The number of carbonyl (C=O) groups is 2. The highest BCUT2D eigenvalue weighted by molar-refractivity contribution is 7.12. The quantitative estimate of drug-likeness (QED) is 0.632. The minimum Gasteiger partial charge on any atom is -0.381 e. The molecule has 2 aromatic rings. The van der Waals surface area contributed by atoms with Crippen molar-refractivity contribution >= 4 is 23.2 Å². The summed E-state index contributed by atoms with van der Waals surface area (Å²) in [5.74, 6) is 1.38. The van der Waals surface area contributed by atoms with Gasteiger partial charge in [-0.3, -0.25) is 9.59 Å². The number of hydrogen-bond donors (Lipinski definition) is 1. The molecule has 2 amide bonds. The fraction of sp³-hybridized carbons (Fsp3) is 0.571. The van der Waals surface area contributed by atoms with Gasteiger partial charge in [-0.25, -0.2) is 0 Å². The minimum absolute atomic E-state index is 0.00981. The van der Waals surface area contributed by atoms with E-state index >= 15 is 0 Å². The first-order valence-corrected chi connectivity index (χ1v) is 13.7. The number of hydrogen-bond acceptors (Lipinski definition) is 5. The zero-order chi connectivity index (χ0) is 24.5. The van der Waals surface area contributed by atoms with Crippen molar-refractivity contribution in [2.45, 2.75) is 39.7 Å². The van der Waals surface area contributed by atoms with E-state index in [-0.39, 0.29) is 23.8 Å². The molecule has 5 rings (SSSR count). The summed E-state index contributed by atoms with van der Waals surface area (Å²) in [5.41, 5.74) is 3.24. The highest BCUT2D eigenvalue weighted by Gasteiger charge is 2.42. The Morgan fingerprint density at radius 2 is 1.77 bits per heavy atom. The average molecular weight is 496 g/mol. The van der Waals surface area contributed by atoms with Gasteiger partial charge in [-0.15, -0.1) is 11.3 Å². The van der Waals surface area contributed by atoms with Gasteiger partial charge in [0.15, 0.2) is 0 Å². The molecule has 3 aliphatic rings. The smallest absolute Gasteiger partial charge is 0.255 e. The maximum Gasteiger partial charge on any atom is 0.255 e. The molecular formula is C28H37N3O3S. The normalized spacial score (nSPS) is 25.1. The number of benzene rings is 1. The van der Waals surface area contributed by atoms with Gasteiger partial charge in [-0.2, -0.15) is 0 Å². The lowest BCUT2D eigenvalue weighted by atomic mass is 10.0. The van der Waals surface area contributed by atoms with Crippen LogP contribution in [0.1, 0.15) is 50.1 Å². The fourth-order valence-electron chi connectivity index (χ4n) is 6.06. The molecule has 188 valence electrons. The van der Waals surface area contributed by atoms with E-state index in [1.165, 1.54) is 4.88 Å². The summed E-state index contributed by atoms with van der Waals surface area (Å²) in [5, 5.41) is 3.30. The molecular weight excluding hydrogens is 458 g/mol. The Morgan fingerprint density at radius 3 is 2.37 bits per heavy atom.